The van der Waals surface area contributed by atoms with Gasteiger partial charge in [-0.2, -0.15) is 51.8 Å². The summed E-state index contributed by atoms with van der Waals surface area (Å²) in [5.41, 5.74) is 18.3. The Bertz CT molecular complexity index is 6980. The Labute approximate surface area is 844 Å². The molecule has 2 unspecified atom stereocenters. The number of aliphatic imine (C=N–C) groups is 2. The molecule has 24 nitrogen and oxygen atoms in total. The number of halogens is 10. The third kappa shape index (κ3) is 28.3. The molecule has 0 saturated carbocycles. The van der Waals surface area contributed by atoms with Crippen molar-refractivity contribution in [2.45, 2.75) is 138 Å². The van der Waals surface area contributed by atoms with Gasteiger partial charge in [-0.05, 0) is 272 Å². The van der Waals surface area contributed by atoms with Crippen LogP contribution in [0.4, 0.5) is 37.7 Å². The van der Waals surface area contributed by atoms with Crippen molar-refractivity contribution in [1.29, 1.82) is 21.0 Å². The third-order valence-corrected chi connectivity index (χ3v) is 32.9. The topological polar surface area (TPSA) is 398 Å². The zero-order valence-electron chi connectivity index (χ0n) is 72.5. The summed E-state index contributed by atoms with van der Waals surface area (Å²) in [7, 11) is 6.67. The number of anilines is 1. The molecule has 2 aliphatic heterocycles. The van der Waals surface area contributed by atoms with E-state index in [9.17, 15) is 56.4 Å². The van der Waals surface area contributed by atoms with E-state index >= 15 is 0 Å². The molecular formula is C88H77Cl4F6N17O7S13. The van der Waals surface area contributed by atoms with Crippen molar-refractivity contribution >= 4 is 276 Å². The number of amides is 1. The van der Waals surface area contributed by atoms with Crippen molar-refractivity contribution in [2.75, 3.05) is 12.8 Å². The Hall–Kier alpha value is -10.1. The number of nitrogens with zero attached hydrogens (tertiary/aromatic N) is 15. The van der Waals surface area contributed by atoms with Gasteiger partial charge in [0, 0.05) is 25.7 Å². The van der Waals surface area contributed by atoms with Crippen molar-refractivity contribution in [2.24, 2.45) is 15.0 Å². The lowest BCUT2D eigenvalue weighted by molar-refractivity contribution is -0.139. The predicted octanol–water partition coefficient (Wildman–Crippen LogP) is 23.6. The Morgan fingerprint density at radius 1 is 0.519 bits per heavy atom. The van der Waals surface area contributed by atoms with Gasteiger partial charge in [-0.15, -0.1) is 72.4 Å². The predicted molar refractivity (Wildman–Crippen MR) is 543 cm³/mol. The number of benzene rings is 8. The van der Waals surface area contributed by atoms with Crippen LogP contribution in [0.3, 0.4) is 0 Å². The van der Waals surface area contributed by atoms with Crippen LogP contribution in [0, 0.1) is 115 Å². The summed E-state index contributed by atoms with van der Waals surface area (Å²) in [6, 6.07) is 37.7. The highest BCUT2D eigenvalue weighted by Gasteiger charge is 2.45. The van der Waals surface area contributed by atoms with E-state index in [4.69, 9.17) is 66.3 Å². The van der Waals surface area contributed by atoms with Crippen LogP contribution < -0.4 is 32.3 Å². The number of phenols is 3. The fourth-order valence-corrected chi connectivity index (χ4v) is 23.9. The van der Waals surface area contributed by atoms with Crippen molar-refractivity contribution < 1.29 is 73.5 Å². The van der Waals surface area contributed by atoms with Crippen LogP contribution >= 0.6 is 181 Å². The zero-order chi connectivity index (χ0) is 97.8. The number of thiol groups is 1. The summed E-state index contributed by atoms with van der Waals surface area (Å²) in [6.07, 6.45) is -8.79. The molecule has 18 rings (SSSR count). The van der Waals surface area contributed by atoms with Gasteiger partial charge in [-0.1, -0.05) is 79.1 Å². The molecule has 8 aromatic carbocycles. The molecule has 0 radical (unpaired) electrons. The number of rotatable bonds is 6. The normalized spacial score (nSPS) is 13.8. The van der Waals surface area contributed by atoms with E-state index in [1.54, 1.807) is 44.4 Å². The molecule has 7 N–H and O–H groups in total. The highest BCUT2D eigenvalue weighted by atomic mass is 35.5. The van der Waals surface area contributed by atoms with Gasteiger partial charge in [0.25, 0.3) is 16.4 Å². The number of nitrogens with one attached hydrogen (secondary N) is 1. The first-order chi connectivity index (χ1) is 62.5. The molecule has 0 saturated heterocycles. The van der Waals surface area contributed by atoms with Gasteiger partial charge < -0.3 is 48.0 Å². The summed E-state index contributed by atoms with van der Waals surface area (Å²) < 4.78 is 96.4. The molecule has 1 amide bonds. The van der Waals surface area contributed by atoms with Gasteiger partial charge in [0.15, 0.2) is 35.9 Å². The minimum atomic E-state index is -4.41. The second-order valence-corrected chi connectivity index (χ2v) is 44.4. The average molecular weight is 2160 g/mol. The first kappa shape index (κ1) is 110. The largest absolute Gasteiger partial charge is 1.00 e. The van der Waals surface area contributed by atoms with Crippen LogP contribution in [0.1, 0.15) is 132 Å². The number of alkyl halides is 6. The first-order valence-corrected chi connectivity index (χ1v) is 50.6. The molecule has 0 bridgehead atoms. The van der Waals surface area contributed by atoms with Gasteiger partial charge in [0.1, 0.15) is 73.4 Å². The quantitative estimate of drug-likeness (QED) is 0.0267. The average Bonchev–Trinajstić information content (AvgIpc) is 1.63. The number of nitrogen functional groups attached to an aromatic ring is 1. The van der Waals surface area contributed by atoms with Crippen molar-refractivity contribution in [3.05, 3.63) is 225 Å². The summed E-state index contributed by atoms with van der Waals surface area (Å²) in [5.74, 6) is 0.496. The van der Waals surface area contributed by atoms with Crippen molar-refractivity contribution in [3.63, 3.8) is 0 Å². The van der Waals surface area contributed by atoms with E-state index in [2.05, 4.69) is 123 Å². The standard InChI is InChI=1S/C14H15N3O2S3.C14H14N2O3S2.C10H6ClF3N2S2.C10H5F3N2S.2C10H8N2S.C9H6N2OS.C8H11NO.C2Cl2NS2.CH4.ClH/c1-6-4-7-9(5-8(6)18)21-12(15-7)13-16-10(11(19)17-20)14(2,3)22-13;1-6-4-7-9(5-8(6)17)20-11(15-7)12-16-10(13(18)19)14(2,3)21-12;1-5-2-3-6(4-7(5)10(12,13)14)15-9-8(11)16-18-17-9;1-5-2-3-6-9(8(5)10(11,12)13)16-7(4-14)15-6;2*1-6-3-8-9(4-7(6)2)13-10(5-11)12-8;1-5-2-6-8(3-7(5)12)13-9(4-10)11-6;1-6-5-7(9)3-4-8(6)10-2;3-1-2(4)6-7-5-1;;/h4-5,10,18,20H,1-3H3,(H,17,19);4-5,10,17H,1-3H3,(H,18,19);2-4H,1H3;2-3H,1H3;2*3-4H,1-2H3;2-3,12H,1H3;3-5H,9H2,1-2H3;;1H4;1H/q;;;;;;;;+1;;/p-1. The van der Waals surface area contributed by atoms with Crippen LogP contribution in [0.15, 0.2) is 124 Å². The van der Waals surface area contributed by atoms with Gasteiger partial charge >= 0.3 is 33.0 Å². The van der Waals surface area contributed by atoms with Crippen LogP contribution in [-0.4, -0.2) is 110 Å². The number of thiazole rings is 6. The maximum Gasteiger partial charge on any atom is 0.418 e. The summed E-state index contributed by atoms with van der Waals surface area (Å²) in [5, 5.41) is 77.9. The number of carboxylic acids is 1. The summed E-state index contributed by atoms with van der Waals surface area (Å²) >= 11 is 31.2. The van der Waals surface area contributed by atoms with E-state index in [0.29, 0.717) is 39.2 Å². The number of aliphatic carboxylic acids is 1. The number of nitriles is 4. The molecule has 0 aliphatic carbocycles. The van der Waals surface area contributed by atoms with Gasteiger partial charge in [0.05, 0.1) is 85.2 Å². The number of aryl methyl sites for hydroxylation is 10. The fraction of sp³-hybridized carbons (Fsp3) is 0.250. The Morgan fingerprint density at radius 3 is 1.32 bits per heavy atom. The molecule has 704 valence electrons. The maximum atomic E-state index is 12.8. The van der Waals surface area contributed by atoms with Gasteiger partial charge in [0.2, 0.25) is 5.15 Å². The second kappa shape index (κ2) is 47.3. The highest BCUT2D eigenvalue weighted by Crippen LogP contribution is 2.46. The maximum absolute atomic E-state index is 12.8. The number of methoxy groups -OCH3 is 1. The Morgan fingerprint density at radius 2 is 0.933 bits per heavy atom. The Kier molecular flexibility index (Phi) is 38.6. The van der Waals surface area contributed by atoms with E-state index in [0.717, 1.165) is 123 Å². The molecule has 47 heteroatoms. The molecule has 10 heterocycles. The molecule has 2 atom stereocenters. The van der Waals surface area contributed by atoms with E-state index in [1.165, 1.54) is 172 Å². The molecule has 8 aromatic heterocycles. The summed E-state index contributed by atoms with van der Waals surface area (Å²) in [4.78, 5) is 61.5. The number of hydrogen-bond donors (Lipinski definition) is 7. The molecule has 0 fully saturated rings. The van der Waals surface area contributed by atoms with Crippen molar-refractivity contribution in [1.82, 2.24) is 43.4 Å². The number of fused-ring (bicyclic) bond motifs is 6. The van der Waals surface area contributed by atoms with Crippen molar-refractivity contribution in [3.8, 4) is 47.3 Å². The highest BCUT2D eigenvalue weighted by molar-refractivity contribution is 8.16. The van der Waals surface area contributed by atoms with Crippen LogP contribution in [0.25, 0.3) is 61.3 Å². The van der Waals surface area contributed by atoms with E-state index < -0.39 is 46.3 Å². The number of hydrogen-bond acceptors (Lipinski definition) is 34. The lowest BCUT2D eigenvalue weighted by atomic mass is 10.0. The van der Waals surface area contributed by atoms with E-state index in [1.807, 2.05) is 97.0 Å². The Balaban J connectivity index is 0.000000189. The number of carbonyl (C=O) groups excluding carboxylic acids is 1. The van der Waals surface area contributed by atoms with Gasteiger partial charge in [-0.3, -0.25) is 14.8 Å². The number of aromatic hydroxyl groups is 3. The number of aromatic nitrogens is 8. The lowest BCUT2D eigenvalue weighted by Crippen LogP contribution is -3.00. The minimum Gasteiger partial charge on any atom is -1.00 e. The number of carboxylic acid groups (broad SMARTS) is 1. The molecule has 135 heavy (non-hydrogen) atoms. The molecule has 0 spiro atoms. The monoisotopic (exact) mass is 2150 g/mol. The number of phenolic OH excluding ortho intramolecular Hbond substituents is 3. The number of thioether (sulfide) groups is 2. The zero-order valence-corrected chi connectivity index (χ0v) is 86.2. The summed E-state index contributed by atoms with van der Waals surface area (Å²) in [6.45, 7) is 26.2. The smallest absolute Gasteiger partial charge is 0.418 e. The fourth-order valence-electron chi connectivity index (χ4n) is 12.0. The van der Waals surface area contributed by atoms with Crippen LogP contribution in [0.5, 0.6) is 23.0 Å². The molecule has 2 aliphatic rings. The lowest BCUT2D eigenvalue weighted by Gasteiger charge is -2.21. The SMILES string of the molecule is C.COc1ccc(N)cc1C.Cc1cc2nc(C#N)sc2cc1C.Cc1cc2nc(C#N)sc2cc1C.Cc1cc2nc(C#N)sc2cc1O.Cc1cc2nc(C3=NC(C(=O)NS)C(C)(C)S3)sc2cc1O.Cc1cc2nc(C3=NC(C(=O)O)C(C)(C)S3)sc2cc1O.Cc1ccc(N=c2ssnc2Cl)cc1C(F)(F)F.Cc1ccc2nc(C#N)sc2c1C(F)(F)F.Clc1ns[s+]c1Cl.[Cl-]. The third-order valence-electron chi connectivity index (χ3n) is 19.0. The van der Waals surface area contributed by atoms with Gasteiger partial charge in [-0.25, -0.2) is 39.7 Å². The van der Waals surface area contributed by atoms with Crippen LogP contribution in [0.2, 0.25) is 14.6 Å². The minimum absolute atomic E-state index is 0. The first-order valence-electron chi connectivity index (χ1n) is 38.3. The van der Waals surface area contributed by atoms with E-state index in [-0.39, 0.29) is 84.9 Å². The number of carbonyl (C=O) groups is 2. The molecular weight excluding hydrogens is 2080 g/mol. The van der Waals surface area contributed by atoms with Crippen LogP contribution in [-0.2, 0) is 21.9 Å². The second-order valence-electron chi connectivity index (χ2n) is 29.7. The number of nitrogens with two attached hydrogens (primary N) is 1. The number of ether oxygens (including phenoxy) is 1. The molecule has 16 aromatic rings.